The van der Waals surface area contributed by atoms with Gasteiger partial charge in [0.05, 0.1) is 0 Å². The van der Waals surface area contributed by atoms with Gasteiger partial charge in [-0.25, -0.2) is 0 Å². The van der Waals surface area contributed by atoms with Crippen molar-refractivity contribution in [3.05, 3.63) is 30.1 Å². The third-order valence-electron chi connectivity index (χ3n) is 2.57. The van der Waals surface area contributed by atoms with Crippen molar-refractivity contribution in [3.63, 3.8) is 0 Å². The van der Waals surface area contributed by atoms with Crippen molar-refractivity contribution >= 4 is 5.78 Å². The van der Waals surface area contributed by atoms with Crippen molar-refractivity contribution in [1.82, 2.24) is 9.88 Å². The first-order valence-electron chi connectivity index (χ1n) is 4.97. The number of hydrogen-bond donors (Lipinski definition) is 0. The molecule has 0 unspecified atom stereocenters. The number of aromatic nitrogens is 1. The molecule has 1 aliphatic rings. The lowest BCUT2D eigenvalue weighted by atomic mass is 10.1. The van der Waals surface area contributed by atoms with Gasteiger partial charge in [-0.2, -0.15) is 0 Å². The summed E-state index contributed by atoms with van der Waals surface area (Å²) in [5.41, 5.74) is 1.27. The van der Waals surface area contributed by atoms with Crippen LogP contribution in [-0.2, 0) is 11.3 Å². The Morgan fingerprint density at radius 3 is 2.50 bits per heavy atom. The van der Waals surface area contributed by atoms with E-state index >= 15 is 0 Å². The quantitative estimate of drug-likeness (QED) is 0.703. The summed E-state index contributed by atoms with van der Waals surface area (Å²) in [5, 5.41) is 0. The summed E-state index contributed by atoms with van der Waals surface area (Å²) in [7, 11) is 0. The second-order valence-electron chi connectivity index (χ2n) is 3.67. The normalized spacial score (nSPS) is 18.4. The van der Waals surface area contributed by atoms with Gasteiger partial charge in [0.2, 0.25) is 0 Å². The van der Waals surface area contributed by atoms with E-state index in [-0.39, 0.29) is 0 Å². The zero-order chi connectivity index (χ0) is 9.80. The average Bonchev–Trinajstić information content (AvgIpc) is 2.23. The Kier molecular flexibility index (Phi) is 2.89. The molecule has 2 rings (SSSR count). The summed E-state index contributed by atoms with van der Waals surface area (Å²) >= 11 is 0. The largest absolute Gasteiger partial charge is 0.300 e. The highest BCUT2D eigenvalue weighted by molar-refractivity contribution is 5.79. The van der Waals surface area contributed by atoms with Crippen LogP contribution in [0.1, 0.15) is 18.4 Å². The van der Waals surface area contributed by atoms with Gasteiger partial charge in [0.25, 0.3) is 0 Å². The lowest BCUT2D eigenvalue weighted by Crippen LogP contribution is -2.33. The maximum Gasteiger partial charge on any atom is 0.135 e. The standard InChI is InChI=1S/C11H14N2O/c14-11-3-7-13(8-4-11)9-10-1-5-12-6-2-10/h1-2,5-6H,3-4,7-9H2. The lowest BCUT2D eigenvalue weighted by Gasteiger charge is -2.25. The van der Waals surface area contributed by atoms with Crippen LogP contribution in [0.5, 0.6) is 0 Å². The Balaban J connectivity index is 1.89. The van der Waals surface area contributed by atoms with E-state index in [0.29, 0.717) is 18.6 Å². The van der Waals surface area contributed by atoms with Crippen LogP contribution in [0.3, 0.4) is 0 Å². The molecule has 74 valence electrons. The molecule has 0 N–H and O–H groups in total. The number of carbonyl (C=O) groups is 1. The minimum Gasteiger partial charge on any atom is -0.300 e. The van der Waals surface area contributed by atoms with Crippen molar-refractivity contribution < 1.29 is 4.79 Å². The number of hydrogen-bond acceptors (Lipinski definition) is 3. The number of likely N-dealkylation sites (tertiary alicyclic amines) is 1. The number of nitrogens with zero attached hydrogens (tertiary/aromatic N) is 2. The van der Waals surface area contributed by atoms with Crippen LogP contribution in [-0.4, -0.2) is 28.8 Å². The zero-order valence-electron chi connectivity index (χ0n) is 8.15. The van der Waals surface area contributed by atoms with Gasteiger partial charge in [-0.1, -0.05) is 0 Å². The second kappa shape index (κ2) is 4.33. The van der Waals surface area contributed by atoms with Crippen LogP contribution < -0.4 is 0 Å². The van der Waals surface area contributed by atoms with Crippen LogP contribution in [0.4, 0.5) is 0 Å². The first-order chi connectivity index (χ1) is 6.84. The number of Topliss-reactive ketones (excluding diaryl/α,β-unsaturated/α-hetero) is 1. The van der Waals surface area contributed by atoms with E-state index in [1.54, 1.807) is 0 Å². The fourth-order valence-corrected chi connectivity index (χ4v) is 1.71. The maximum absolute atomic E-state index is 11.0. The summed E-state index contributed by atoms with van der Waals surface area (Å²) < 4.78 is 0. The fraction of sp³-hybridized carbons (Fsp3) is 0.455. The van der Waals surface area contributed by atoms with Crippen LogP contribution in [0.15, 0.2) is 24.5 Å². The SMILES string of the molecule is O=C1CCN(Cc2ccncc2)CC1. The Hall–Kier alpha value is -1.22. The predicted octanol–water partition coefficient (Wildman–Crippen LogP) is 1.25. The fourth-order valence-electron chi connectivity index (χ4n) is 1.71. The number of carbonyl (C=O) groups excluding carboxylic acids is 1. The van der Waals surface area contributed by atoms with Crippen LogP contribution in [0.2, 0.25) is 0 Å². The molecular weight excluding hydrogens is 176 g/mol. The van der Waals surface area contributed by atoms with Gasteiger partial charge in [0.15, 0.2) is 0 Å². The number of ketones is 1. The van der Waals surface area contributed by atoms with E-state index in [0.717, 1.165) is 19.6 Å². The first kappa shape index (κ1) is 9.34. The summed E-state index contributed by atoms with van der Waals surface area (Å²) in [6.45, 7) is 2.75. The Bertz CT molecular complexity index is 300. The molecule has 3 nitrogen and oxygen atoms in total. The molecule has 0 aliphatic carbocycles. The van der Waals surface area contributed by atoms with Crippen molar-refractivity contribution in [2.45, 2.75) is 19.4 Å². The topological polar surface area (TPSA) is 33.2 Å². The van der Waals surface area contributed by atoms with Crippen molar-refractivity contribution in [2.24, 2.45) is 0 Å². The van der Waals surface area contributed by atoms with Gasteiger partial charge in [-0.05, 0) is 17.7 Å². The molecule has 0 atom stereocenters. The molecule has 1 saturated heterocycles. The minimum atomic E-state index is 0.399. The molecule has 1 aliphatic heterocycles. The van der Waals surface area contributed by atoms with E-state index in [2.05, 4.69) is 9.88 Å². The molecule has 1 aromatic rings. The molecular formula is C11H14N2O. The summed E-state index contributed by atoms with van der Waals surface area (Å²) in [6.07, 6.45) is 5.05. The number of rotatable bonds is 2. The highest BCUT2D eigenvalue weighted by atomic mass is 16.1. The number of piperidine rings is 1. The van der Waals surface area contributed by atoms with E-state index in [9.17, 15) is 4.79 Å². The summed E-state index contributed by atoms with van der Waals surface area (Å²) in [4.78, 5) is 17.3. The molecule has 0 bridgehead atoms. The van der Waals surface area contributed by atoms with E-state index in [1.165, 1.54) is 5.56 Å². The third-order valence-corrected chi connectivity index (χ3v) is 2.57. The van der Waals surface area contributed by atoms with E-state index in [4.69, 9.17) is 0 Å². The van der Waals surface area contributed by atoms with Crippen LogP contribution in [0.25, 0.3) is 0 Å². The predicted molar refractivity (Wildman–Crippen MR) is 53.8 cm³/mol. The molecule has 0 aromatic carbocycles. The summed E-state index contributed by atoms with van der Waals surface area (Å²) in [6, 6.07) is 4.05. The minimum absolute atomic E-state index is 0.399. The first-order valence-corrected chi connectivity index (χ1v) is 4.97. The average molecular weight is 190 g/mol. The molecule has 0 saturated carbocycles. The van der Waals surface area contributed by atoms with Crippen molar-refractivity contribution in [3.8, 4) is 0 Å². The van der Waals surface area contributed by atoms with Crippen LogP contribution >= 0.6 is 0 Å². The Morgan fingerprint density at radius 2 is 1.86 bits per heavy atom. The Morgan fingerprint density at radius 1 is 1.21 bits per heavy atom. The summed E-state index contributed by atoms with van der Waals surface area (Å²) in [5.74, 6) is 0.399. The molecule has 2 heterocycles. The van der Waals surface area contributed by atoms with Gasteiger partial charge in [-0.3, -0.25) is 14.7 Å². The van der Waals surface area contributed by atoms with Gasteiger partial charge >= 0.3 is 0 Å². The smallest absolute Gasteiger partial charge is 0.135 e. The molecule has 1 fully saturated rings. The molecule has 0 spiro atoms. The van der Waals surface area contributed by atoms with Gasteiger partial charge < -0.3 is 0 Å². The van der Waals surface area contributed by atoms with Crippen LogP contribution in [0, 0.1) is 0 Å². The van der Waals surface area contributed by atoms with Gasteiger partial charge in [-0.15, -0.1) is 0 Å². The molecule has 0 amide bonds. The molecule has 14 heavy (non-hydrogen) atoms. The van der Waals surface area contributed by atoms with Gasteiger partial charge in [0.1, 0.15) is 5.78 Å². The molecule has 0 radical (unpaired) electrons. The number of pyridine rings is 1. The Labute approximate surface area is 83.8 Å². The van der Waals surface area contributed by atoms with Crippen molar-refractivity contribution in [1.29, 1.82) is 0 Å². The molecule has 1 aromatic heterocycles. The highest BCUT2D eigenvalue weighted by Gasteiger charge is 2.15. The third kappa shape index (κ3) is 2.39. The zero-order valence-corrected chi connectivity index (χ0v) is 8.15. The monoisotopic (exact) mass is 190 g/mol. The second-order valence-corrected chi connectivity index (χ2v) is 3.67. The maximum atomic E-state index is 11.0. The van der Waals surface area contributed by atoms with E-state index in [1.807, 2.05) is 24.5 Å². The van der Waals surface area contributed by atoms with Crippen molar-refractivity contribution in [2.75, 3.05) is 13.1 Å². The van der Waals surface area contributed by atoms with E-state index < -0.39 is 0 Å². The lowest BCUT2D eigenvalue weighted by molar-refractivity contribution is -0.121. The highest BCUT2D eigenvalue weighted by Crippen LogP contribution is 2.09. The molecule has 3 heteroatoms. The van der Waals surface area contributed by atoms with Gasteiger partial charge in [0, 0.05) is 44.9 Å².